The Morgan fingerprint density at radius 2 is 1.80 bits per heavy atom. The van der Waals surface area contributed by atoms with E-state index in [0.29, 0.717) is 13.0 Å². The normalized spacial score (nSPS) is 13.7. The Bertz CT molecular complexity index is 817. The van der Waals surface area contributed by atoms with Gasteiger partial charge < -0.3 is 9.84 Å². The first-order valence-electron chi connectivity index (χ1n) is 8.64. The van der Waals surface area contributed by atoms with Gasteiger partial charge in [0, 0.05) is 5.02 Å². The summed E-state index contributed by atoms with van der Waals surface area (Å²) in [6.45, 7) is 2.44. The Balaban J connectivity index is 1.58. The number of hydrogen-bond acceptors (Lipinski definition) is 2. The molecule has 0 saturated carbocycles. The zero-order chi connectivity index (χ0) is 17.6. The third-order valence-electron chi connectivity index (χ3n) is 4.54. The molecule has 0 aliphatic rings. The van der Waals surface area contributed by atoms with Crippen LogP contribution in [0.3, 0.4) is 0 Å². The van der Waals surface area contributed by atoms with Gasteiger partial charge in [-0.2, -0.15) is 0 Å². The van der Waals surface area contributed by atoms with Crippen molar-refractivity contribution in [1.82, 2.24) is 0 Å². The van der Waals surface area contributed by atoms with E-state index in [4.69, 9.17) is 16.3 Å². The molecule has 0 aromatic heterocycles. The summed E-state index contributed by atoms with van der Waals surface area (Å²) in [4.78, 5) is 0. The molecule has 0 spiro atoms. The molecule has 0 aliphatic carbocycles. The van der Waals surface area contributed by atoms with Gasteiger partial charge in [0.1, 0.15) is 0 Å². The maximum atomic E-state index is 10.4. The average molecular weight is 355 g/mol. The van der Waals surface area contributed by atoms with Gasteiger partial charge in [-0.1, -0.05) is 66.2 Å². The van der Waals surface area contributed by atoms with Crippen molar-refractivity contribution in [2.24, 2.45) is 0 Å². The Morgan fingerprint density at radius 1 is 1.00 bits per heavy atom. The van der Waals surface area contributed by atoms with Gasteiger partial charge >= 0.3 is 0 Å². The number of aliphatic hydroxyl groups excluding tert-OH is 1. The van der Waals surface area contributed by atoms with Gasteiger partial charge in [-0.25, -0.2) is 0 Å². The number of aliphatic hydroxyl groups is 1. The Morgan fingerprint density at radius 3 is 2.60 bits per heavy atom. The molecule has 2 atom stereocenters. The van der Waals surface area contributed by atoms with Crippen molar-refractivity contribution >= 4 is 22.4 Å². The molecule has 0 radical (unpaired) electrons. The van der Waals surface area contributed by atoms with E-state index in [1.54, 1.807) is 0 Å². The quantitative estimate of drug-likeness (QED) is 0.616. The smallest absolute Gasteiger partial charge is 0.0810 e. The van der Waals surface area contributed by atoms with E-state index in [-0.39, 0.29) is 6.10 Å². The molecule has 130 valence electrons. The Kier molecular flexibility index (Phi) is 6.09. The van der Waals surface area contributed by atoms with E-state index in [9.17, 15) is 5.11 Å². The molecule has 0 fully saturated rings. The molecule has 3 aromatic rings. The Labute approximate surface area is 154 Å². The summed E-state index contributed by atoms with van der Waals surface area (Å²) in [5.41, 5.74) is 2.32. The maximum absolute atomic E-state index is 10.4. The zero-order valence-corrected chi connectivity index (χ0v) is 15.1. The van der Waals surface area contributed by atoms with Crippen LogP contribution in [-0.4, -0.2) is 17.3 Å². The molecular formula is C22H23ClO2. The van der Waals surface area contributed by atoms with Crippen LogP contribution in [0.1, 0.15) is 24.5 Å². The number of hydrogen-bond donors (Lipinski definition) is 1. The van der Waals surface area contributed by atoms with Crippen LogP contribution in [0, 0.1) is 0 Å². The minimum atomic E-state index is -0.502. The standard InChI is InChI=1S/C22H23ClO2/c1-16(25-15-17-6-3-2-4-7-17)22(24)13-11-19-9-5-8-18-10-12-20(23)14-21(18)19/h2-10,12,14,16,22,24H,11,13,15H2,1H3/t16-,22+/m0/s1. The minimum Gasteiger partial charge on any atom is -0.390 e. The molecule has 3 rings (SSSR count). The van der Waals surface area contributed by atoms with Gasteiger partial charge in [0.15, 0.2) is 0 Å². The van der Waals surface area contributed by atoms with Crippen LogP contribution >= 0.6 is 11.6 Å². The first-order chi connectivity index (χ1) is 12.1. The molecule has 25 heavy (non-hydrogen) atoms. The number of aryl methyl sites for hydroxylation is 1. The number of fused-ring (bicyclic) bond motifs is 1. The highest BCUT2D eigenvalue weighted by atomic mass is 35.5. The second kappa shape index (κ2) is 8.48. The van der Waals surface area contributed by atoms with Gasteiger partial charge in [0.05, 0.1) is 18.8 Å². The Hall–Kier alpha value is -1.87. The molecule has 0 aliphatic heterocycles. The van der Waals surface area contributed by atoms with Gasteiger partial charge in [0.25, 0.3) is 0 Å². The van der Waals surface area contributed by atoms with E-state index in [0.717, 1.165) is 22.4 Å². The molecule has 3 aromatic carbocycles. The fraction of sp³-hybridized carbons (Fsp3) is 0.273. The number of halogens is 1. The summed E-state index contributed by atoms with van der Waals surface area (Å²) < 4.78 is 5.81. The molecule has 3 heteroatoms. The van der Waals surface area contributed by atoms with E-state index >= 15 is 0 Å². The van der Waals surface area contributed by atoms with E-state index in [2.05, 4.69) is 12.1 Å². The second-order valence-electron chi connectivity index (χ2n) is 6.39. The van der Waals surface area contributed by atoms with E-state index < -0.39 is 6.10 Å². The highest BCUT2D eigenvalue weighted by molar-refractivity contribution is 6.31. The van der Waals surface area contributed by atoms with Crippen molar-refractivity contribution in [2.75, 3.05) is 0 Å². The molecule has 0 bridgehead atoms. The average Bonchev–Trinajstić information content (AvgIpc) is 2.65. The number of benzene rings is 3. The number of rotatable bonds is 7. The number of ether oxygens (including phenoxy) is 1. The van der Waals surface area contributed by atoms with E-state index in [1.165, 1.54) is 10.9 Å². The highest BCUT2D eigenvalue weighted by Crippen LogP contribution is 2.24. The van der Waals surface area contributed by atoms with Crippen molar-refractivity contribution in [3.8, 4) is 0 Å². The van der Waals surface area contributed by atoms with Crippen LogP contribution in [-0.2, 0) is 17.8 Å². The highest BCUT2D eigenvalue weighted by Gasteiger charge is 2.15. The van der Waals surface area contributed by atoms with E-state index in [1.807, 2.05) is 61.5 Å². The molecule has 0 unspecified atom stereocenters. The fourth-order valence-corrected chi connectivity index (χ4v) is 3.15. The van der Waals surface area contributed by atoms with Gasteiger partial charge in [-0.3, -0.25) is 0 Å². The molecule has 0 amide bonds. The summed E-state index contributed by atoms with van der Waals surface area (Å²) in [6, 6.07) is 22.2. The lowest BCUT2D eigenvalue weighted by molar-refractivity contribution is -0.0377. The van der Waals surface area contributed by atoms with Crippen molar-refractivity contribution in [2.45, 2.75) is 38.6 Å². The largest absolute Gasteiger partial charge is 0.390 e. The van der Waals surface area contributed by atoms with Gasteiger partial charge in [-0.05, 0) is 53.8 Å². The van der Waals surface area contributed by atoms with Crippen LogP contribution in [0.25, 0.3) is 10.8 Å². The minimum absolute atomic E-state index is 0.209. The third kappa shape index (κ3) is 4.82. The maximum Gasteiger partial charge on any atom is 0.0810 e. The predicted octanol–water partition coefficient (Wildman–Crippen LogP) is 5.39. The predicted molar refractivity (Wildman–Crippen MR) is 104 cm³/mol. The van der Waals surface area contributed by atoms with Crippen molar-refractivity contribution in [3.05, 3.63) is 82.9 Å². The lowest BCUT2D eigenvalue weighted by Crippen LogP contribution is -2.26. The van der Waals surface area contributed by atoms with Crippen LogP contribution in [0.4, 0.5) is 0 Å². The lowest BCUT2D eigenvalue weighted by atomic mass is 9.98. The topological polar surface area (TPSA) is 29.5 Å². The summed E-state index contributed by atoms with van der Waals surface area (Å²) in [5, 5.41) is 13.5. The third-order valence-corrected chi connectivity index (χ3v) is 4.78. The first-order valence-corrected chi connectivity index (χ1v) is 9.02. The summed E-state index contributed by atoms with van der Waals surface area (Å²) in [6.07, 6.45) is 0.733. The monoisotopic (exact) mass is 354 g/mol. The zero-order valence-electron chi connectivity index (χ0n) is 14.4. The SMILES string of the molecule is C[C@H](OCc1ccccc1)[C@H](O)CCc1cccc2ccc(Cl)cc12. The molecule has 0 heterocycles. The molecular weight excluding hydrogens is 332 g/mol. The van der Waals surface area contributed by atoms with Gasteiger partial charge in [0.2, 0.25) is 0 Å². The van der Waals surface area contributed by atoms with Crippen LogP contribution in [0.15, 0.2) is 66.7 Å². The fourth-order valence-electron chi connectivity index (χ4n) is 2.98. The summed E-state index contributed by atoms with van der Waals surface area (Å²) in [7, 11) is 0. The molecule has 1 N–H and O–H groups in total. The second-order valence-corrected chi connectivity index (χ2v) is 6.83. The van der Waals surface area contributed by atoms with Crippen LogP contribution in [0.5, 0.6) is 0 Å². The lowest BCUT2D eigenvalue weighted by Gasteiger charge is -2.20. The van der Waals surface area contributed by atoms with Crippen molar-refractivity contribution < 1.29 is 9.84 Å². The van der Waals surface area contributed by atoms with Crippen molar-refractivity contribution in [1.29, 1.82) is 0 Å². The van der Waals surface area contributed by atoms with Crippen molar-refractivity contribution in [3.63, 3.8) is 0 Å². The first kappa shape index (κ1) is 17.9. The molecule has 0 saturated heterocycles. The molecule has 2 nitrogen and oxygen atoms in total. The summed E-state index contributed by atoms with van der Waals surface area (Å²) in [5.74, 6) is 0. The van der Waals surface area contributed by atoms with Crippen LogP contribution in [0.2, 0.25) is 5.02 Å². The van der Waals surface area contributed by atoms with Gasteiger partial charge in [-0.15, -0.1) is 0 Å². The van der Waals surface area contributed by atoms with Crippen LogP contribution < -0.4 is 0 Å². The summed E-state index contributed by atoms with van der Waals surface area (Å²) >= 11 is 6.13.